The molecule has 1 saturated heterocycles. The van der Waals surface area contributed by atoms with Gasteiger partial charge < -0.3 is 25.7 Å². The lowest BCUT2D eigenvalue weighted by Gasteiger charge is -2.48. The molecule has 4 rings (SSSR count). The number of halogens is 1. The third-order valence-corrected chi connectivity index (χ3v) is 7.52. The van der Waals surface area contributed by atoms with Gasteiger partial charge >= 0.3 is 5.97 Å². The normalized spacial score (nSPS) is 19.2. The van der Waals surface area contributed by atoms with Crippen molar-refractivity contribution in [1.29, 1.82) is 0 Å². The van der Waals surface area contributed by atoms with Gasteiger partial charge in [-0.25, -0.2) is 9.78 Å². The summed E-state index contributed by atoms with van der Waals surface area (Å²) in [6.07, 6.45) is 1.88. The van der Waals surface area contributed by atoms with Crippen molar-refractivity contribution >= 4 is 74.1 Å². The van der Waals surface area contributed by atoms with Gasteiger partial charge in [0.25, 0.3) is 11.8 Å². The average molecular weight is 582 g/mol. The molecule has 0 radical (unpaired) electrons. The molecule has 3 heterocycles. The van der Waals surface area contributed by atoms with Crippen LogP contribution in [0.4, 0.5) is 5.13 Å². The maximum atomic E-state index is 13.1. The lowest BCUT2D eigenvalue weighted by atomic mass is 10.0. The van der Waals surface area contributed by atoms with Crippen LogP contribution < -0.4 is 10.6 Å². The highest BCUT2D eigenvalue weighted by atomic mass is 79.9. The van der Waals surface area contributed by atoms with Crippen molar-refractivity contribution < 1.29 is 34.2 Å². The number of nitrogens with one attached hydrogen (secondary N) is 2. The smallest absolute Gasteiger partial charge is 0.352 e. The lowest BCUT2D eigenvalue weighted by molar-refractivity contribution is -0.150. The second-order valence-electron chi connectivity index (χ2n) is 7.08. The summed E-state index contributed by atoms with van der Waals surface area (Å²) in [5.41, 5.74) is 0.305. The van der Waals surface area contributed by atoms with Crippen LogP contribution in [-0.4, -0.2) is 67.2 Å². The summed E-state index contributed by atoms with van der Waals surface area (Å²) in [4.78, 5) is 58.4. The quantitative estimate of drug-likeness (QED) is 0.148. The molecule has 1 unspecified atom stereocenters. The Morgan fingerprint density at radius 1 is 1.40 bits per heavy atom. The van der Waals surface area contributed by atoms with Gasteiger partial charge in [0.05, 0.1) is 4.47 Å². The van der Waals surface area contributed by atoms with Gasteiger partial charge in [0.15, 0.2) is 10.8 Å². The summed E-state index contributed by atoms with van der Waals surface area (Å²) < 4.78 is 0.503. The Morgan fingerprint density at radius 3 is 2.91 bits per heavy atom. The fourth-order valence-electron chi connectivity index (χ4n) is 3.27. The number of thioether (sulfide) groups is 1. The topological polar surface area (TPSA) is 171 Å². The number of carboxylic acid groups (broad SMARTS) is 1. The number of benzene rings is 1. The first kappa shape index (κ1) is 24.7. The van der Waals surface area contributed by atoms with Gasteiger partial charge in [0.1, 0.15) is 35.2 Å². The molecule has 15 heteroatoms. The fraction of sp³-hybridized carbons (Fsp3) is 0.200. The number of amides is 3. The van der Waals surface area contributed by atoms with Crippen molar-refractivity contribution in [3.8, 4) is 5.75 Å². The number of oxime groups is 1. The number of carbonyl (C=O) groups is 4. The van der Waals surface area contributed by atoms with Crippen LogP contribution in [0.15, 0.2) is 45.0 Å². The number of aromatic nitrogens is 1. The number of thiazole rings is 1. The van der Waals surface area contributed by atoms with E-state index in [-0.39, 0.29) is 34.6 Å². The summed E-state index contributed by atoms with van der Waals surface area (Å²) in [5.74, 6) is -2.17. The number of aromatic hydroxyl groups is 1. The zero-order valence-electron chi connectivity index (χ0n) is 17.5. The van der Waals surface area contributed by atoms with E-state index in [0.29, 0.717) is 22.2 Å². The first-order chi connectivity index (χ1) is 16.8. The van der Waals surface area contributed by atoms with Crippen molar-refractivity contribution in [2.24, 2.45) is 5.16 Å². The van der Waals surface area contributed by atoms with E-state index in [1.54, 1.807) is 12.1 Å². The molecule has 2 atom stereocenters. The van der Waals surface area contributed by atoms with E-state index in [9.17, 15) is 29.4 Å². The van der Waals surface area contributed by atoms with Crippen LogP contribution in [0.25, 0.3) is 0 Å². The van der Waals surface area contributed by atoms with Gasteiger partial charge in [-0.05, 0) is 39.7 Å². The molecule has 2 aliphatic heterocycles. The first-order valence-electron chi connectivity index (χ1n) is 9.82. The molecule has 4 N–H and O–H groups in total. The number of aliphatic carboxylic acids is 1. The Labute approximate surface area is 214 Å². The van der Waals surface area contributed by atoms with Gasteiger partial charge in [-0.3, -0.25) is 19.3 Å². The Balaban J connectivity index is 1.52. The molecule has 0 spiro atoms. The van der Waals surface area contributed by atoms with Crippen molar-refractivity contribution in [2.75, 3.05) is 11.1 Å². The van der Waals surface area contributed by atoms with Gasteiger partial charge in [-0.1, -0.05) is 11.2 Å². The minimum atomic E-state index is -1.22. The summed E-state index contributed by atoms with van der Waals surface area (Å²) in [5, 5.41) is 29.1. The molecule has 12 nitrogen and oxygen atoms in total. The van der Waals surface area contributed by atoms with Crippen LogP contribution in [0.3, 0.4) is 0 Å². The van der Waals surface area contributed by atoms with Crippen molar-refractivity contribution in [3.63, 3.8) is 0 Å². The van der Waals surface area contributed by atoms with E-state index >= 15 is 0 Å². The van der Waals surface area contributed by atoms with E-state index in [0.717, 1.165) is 16.2 Å². The molecule has 2 aromatic rings. The number of carbonyl (C=O) groups excluding carboxylic acids is 3. The Bertz CT molecular complexity index is 1260. The predicted molar refractivity (Wildman–Crippen MR) is 130 cm³/mol. The van der Waals surface area contributed by atoms with Gasteiger partial charge in [0.2, 0.25) is 6.41 Å². The summed E-state index contributed by atoms with van der Waals surface area (Å²) in [7, 11) is 0. The number of β-lactam (4-membered cyclic amide) rings is 1. The molecule has 0 bridgehead atoms. The number of phenolic OH excluding ortho intramolecular Hbond substituents is 1. The minimum absolute atomic E-state index is 0.00457. The summed E-state index contributed by atoms with van der Waals surface area (Å²) >= 11 is 5.55. The number of phenols is 1. The Kier molecular flexibility index (Phi) is 7.37. The maximum Gasteiger partial charge on any atom is 0.352 e. The van der Waals surface area contributed by atoms with Crippen molar-refractivity contribution in [3.05, 3.63) is 51.1 Å². The molecule has 35 heavy (non-hydrogen) atoms. The number of hydrogen-bond donors (Lipinski definition) is 4. The van der Waals surface area contributed by atoms with Crippen LogP contribution in [-0.2, 0) is 30.6 Å². The zero-order chi connectivity index (χ0) is 25.1. The van der Waals surface area contributed by atoms with E-state index < -0.39 is 29.2 Å². The highest BCUT2D eigenvalue weighted by molar-refractivity contribution is 9.10. The SMILES string of the molecule is O=CNc1nc(/C(=N/OCc2ccc(Br)c(O)c2)C(=O)NC2C(=O)N3C(C(=O)O)=CCS[C@H]23)cs1. The van der Waals surface area contributed by atoms with Crippen LogP contribution >= 0.6 is 39.0 Å². The van der Waals surface area contributed by atoms with Gasteiger partial charge in [-0.15, -0.1) is 23.1 Å². The van der Waals surface area contributed by atoms with Crippen LogP contribution in [0, 0.1) is 0 Å². The third-order valence-electron chi connectivity index (χ3n) is 4.89. The largest absolute Gasteiger partial charge is 0.507 e. The number of carboxylic acids is 1. The molecule has 0 saturated carbocycles. The molecular weight excluding hydrogens is 566 g/mol. The lowest BCUT2D eigenvalue weighted by Crippen LogP contribution is -2.70. The molecule has 0 aliphatic carbocycles. The highest BCUT2D eigenvalue weighted by Crippen LogP contribution is 2.37. The zero-order valence-corrected chi connectivity index (χ0v) is 20.7. The summed E-state index contributed by atoms with van der Waals surface area (Å²) in [6.45, 7) is -0.0808. The van der Waals surface area contributed by atoms with Crippen LogP contribution in [0.1, 0.15) is 11.3 Å². The van der Waals surface area contributed by atoms with E-state index in [1.807, 2.05) is 0 Å². The fourth-order valence-corrected chi connectivity index (χ4v) is 5.37. The predicted octanol–water partition coefficient (Wildman–Crippen LogP) is 1.47. The van der Waals surface area contributed by atoms with Crippen molar-refractivity contribution in [1.82, 2.24) is 15.2 Å². The van der Waals surface area contributed by atoms with Gasteiger partial charge in [-0.2, -0.15) is 0 Å². The van der Waals surface area contributed by atoms with Crippen LogP contribution in [0.2, 0.25) is 0 Å². The van der Waals surface area contributed by atoms with Gasteiger partial charge in [0, 0.05) is 11.1 Å². The monoisotopic (exact) mass is 581 g/mol. The van der Waals surface area contributed by atoms with Crippen molar-refractivity contribution in [2.45, 2.75) is 18.0 Å². The molecule has 182 valence electrons. The number of nitrogens with zero attached hydrogens (tertiary/aromatic N) is 3. The number of fused-ring (bicyclic) bond motifs is 1. The highest BCUT2D eigenvalue weighted by Gasteiger charge is 2.53. The number of hydrogen-bond acceptors (Lipinski definition) is 10. The third kappa shape index (κ3) is 5.16. The average Bonchev–Trinajstić information content (AvgIpc) is 3.30. The van der Waals surface area contributed by atoms with E-state index in [2.05, 4.69) is 36.7 Å². The molecule has 1 aromatic carbocycles. The van der Waals surface area contributed by atoms with Crippen LogP contribution in [0.5, 0.6) is 5.75 Å². The first-order valence-corrected chi connectivity index (χ1v) is 12.5. The Hall–Kier alpha value is -3.43. The molecular formula is C20H16BrN5O7S2. The van der Waals surface area contributed by atoms with E-state index in [4.69, 9.17) is 4.84 Å². The van der Waals surface area contributed by atoms with E-state index in [1.165, 1.54) is 29.3 Å². The summed E-state index contributed by atoms with van der Waals surface area (Å²) in [6, 6.07) is 3.81. The molecule has 1 fully saturated rings. The second-order valence-corrected chi connectivity index (χ2v) is 9.94. The number of anilines is 1. The number of rotatable bonds is 9. The molecule has 2 aliphatic rings. The minimum Gasteiger partial charge on any atom is -0.507 e. The standard InChI is InChI=1S/C20H16BrN5O7S2/c21-10-2-1-9(5-13(10)28)6-33-25-14(11-7-35-20(23-11)22-8-27)16(29)24-15-17(30)26-12(19(31)32)3-4-34-18(15)26/h1-3,5,7-8,15,18,28H,4,6H2,(H,24,29)(H,31,32)(H,22,23,27)/b25-14-/t15?,18-/m1/s1. The molecule has 1 aromatic heterocycles. The molecule has 3 amide bonds. The maximum absolute atomic E-state index is 13.1. The Morgan fingerprint density at radius 2 is 2.20 bits per heavy atom. The second kappa shape index (κ2) is 10.5.